The van der Waals surface area contributed by atoms with E-state index >= 15 is 0 Å². The minimum atomic E-state index is -0.639. The second kappa shape index (κ2) is 7.43. The number of ether oxygens (including phenoxy) is 2. The first-order valence-electron chi connectivity index (χ1n) is 6.11. The van der Waals surface area contributed by atoms with Gasteiger partial charge in [-0.3, -0.25) is 0 Å². The van der Waals surface area contributed by atoms with Crippen molar-refractivity contribution in [2.24, 2.45) is 0 Å². The van der Waals surface area contributed by atoms with Crippen LogP contribution >= 0.6 is 0 Å². The molecule has 1 aromatic carbocycles. The summed E-state index contributed by atoms with van der Waals surface area (Å²) in [7, 11) is 0. The Labute approximate surface area is 103 Å². The molecule has 1 aromatic rings. The summed E-state index contributed by atoms with van der Waals surface area (Å²) >= 11 is 0. The monoisotopic (exact) mass is 238 g/mol. The van der Waals surface area contributed by atoms with Gasteiger partial charge in [-0.15, -0.1) is 0 Å². The highest BCUT2D eigenvalue weighted by atomic mass is 16.5. The van der Waals surface area contributed by atoms with Crippen LogP contribution in [0, 0.1) is 0 Å². The molecule has 1 rings (SSSR count). The Kier molecular flexibility index (Phi) is 6.19. The van der Waals surface area contributed by atoms with Gasteiger partial charge in [0, 0.05) is 6.61 Å². The molecule has 0 aliphatic rings. The smallest absolute Gasteiger partial charge is 0.111 e. The molecule has 0 radical (unpaired) electrons. The maximum absolute atomic E-state index is 10.1. The Hall–Kier alpha value is -0.900. The van der Waals surface area contributed by atoms with Crippen LogP contribution in [0.15, 0.2) is 30.3 Å². The van der Waals surface area contributed by atoms with E-state index in [9.17, 15) is 5.11 Å². The second-order valence-electron chi connectivity index (χ2n) is 4.24. The van der Waals surface area contributed by atoms with E-state index < -0.39 is 6.10 Å². The molecule has 0 fully saturated rings. The quantitative estimate of drug-likeness (QED) is 0.793. The van der Waals surface area contributed by atoms with Gasteiger partial charge >= 0.3 is 0 Å². The van der Waals surface area contributed by atoms with Crippen LogP contribution in [0.25, 0.3) is 0 Å². The molecular weight excluding hydrogens is 216 g/mol. The SMILES string of the molecule is CCOC(c1ccccc1)C(O)COC(C)C. The van der Waals surface area contributed by atoms with Crippen molar-refractivity contribution in [3.63, 3.8) is 0 Å². The first-order chi connectivity index (χ1) is 8.15. The van der Waals surface area contributed by atoms with Gasteiger partial charge in [0.05, 0.1) is 12.7 Å². The largest absolute Gasteiger partial charge is 0.388 e. The van der Waals surface area contributed by atoms with Crippen molar-refractivity contribution in [3.05, 3.63) is 35.9 Å². The van der Waals surface area contributed by atoms with Crippen molar-refractivity contribution < 1.29 is 14.6 Å². The lowest BCUT2D eigenvalue weighted by atomic mass is 10.0. The summed E-state index contributed by atoms with van der Waals surface area (Å²) in [5, 5.41) is 10.1. The Morgan fingerprint density at radius 1 is 1.12 bits per heavy atom. The third-order valence-electron chi connectivity index (χ3n) is 2.42. The molecule has 0 bridgehead atoms. The topological polar surface area (TPSA) is 38.7 Å². The van der Waals surface area contributed by atoms with E-state index in [1.165, 1.54) is 0 Å². The molecule has 0 aliphatic carbocycles. The van der Waals surface area contributed by atoms with E-state index in [0.29, 0.717) is 6.61 Å². The van der Waals surface area contributed by atoms with E-state index in [4.69, 9.17) is 9.47 Å². The highest BCUT2D eigenvalue weighted by Gasteiger charge is 2.21. The molecule has 1 N–H and O–H groups in total. The van der Waals surface area contributed by atoms with Crippen LogP contribution in [-0.4, -0.2) is 30.5 Å². The van der Waals surface area contributed by atoms with E-state index in [1.54, 1.807) is 0 Å². The zero-order valence-electron chi connectivity index (χ0n) is 10.8. The number of rotatable bonds is 7. The van der Waals surface area contributed by atoms with Crippen molar-refractivity contribution in [3.8, 4) is 0 Å². The Balaban J connectivity index is 2.65. The first kappa shape index (κ1) is 14.2. The van der Waals surface area contributed by atoms with Gasteiger partial charge in [0.15, 0.2) is 0 Å². The minimum absolute atomic E-state index is 0.114. The molecule has 2 unspecified atom stereocenters. The first-order valence-corrected chi connectivity index (χ1v) is 6.11. The summed E-state index contributed by atoms with van der Waals surface area (Å²) in [6.45, 7) is 6.68. The van der Waals surface area contributed by atoms with Crippen LogP contribution in [0.5, 0.6) is 0 Å². The number of benzene rings is 1. The zero-order chi connectivity index (χ0) is 12.7. The van der Waals surface area contributed by atoms with Crippen LogP contribution in [0.4, 0.5) is 0 Å². The fourth-order valence-electron chi connectivity index (χ4n) is 1.63. The van der Waals surface area contributed by atoms with Gasteiger partial charge in [-0.05, 0) is 26.3 Å². The summed E-state index contributed by atoms with van der Waals surface area (Å²) < 4.78 is 11.0. The highest BCUT2D eigenvalue weighted by Crippen LogP contribution is 2.21. The molecule has 3 heteroatoms. The minimum Gasteiger partial charge on any atom is -0.388 e. The fraction of sp³-hybridized carbons (Fsp3) is 0.571. The predicted octanol–water partition coefficient (Wildman–Crippen LogP) is 2.55. The number of hydrogen-bond acceptors (Lipinski definition) is 3. The average molecular weight is 238 g/mol. The Morgan fingerprint density at radius 2 is 1.76 bits per heavy atom. The van der Waals surface area contributed by atoms with Crippen LogP contribution in [-0.2, 0) is 9.47 Å². The molecule has 17 heavy (non-hydrogen) atoms. The van der Waals surface area contributed by atoms with Crippen molar-refractivity contribution in [1.29, 1.82) is 0 Å². The average Bonchev–Trinajstić information content (AvgIpc) is 2.34. The van der Waals surface area contributed by atoms with Crippen molar-refractivity contribution in [2.45, 2.75) is 39.1 Å². The molecule has 0 heterocycles. The maximum atomic E-state index is 10.1. The number of aliphatic hydroxyl groups is 1. The normalized spacial score (nSPS) is 14.9. The van der Waals surface area contributed by atoms with Gasteiger partial charge in [-0.2, -0.15) is 0 Å². The summed E-state index contributed by atoms with van der Waals surface area (Å²) in [6, 6.07) is 9.75. The van der Waals surface area contributed by atoms with Gasteiger partial charge in [0.1, 0.15) is 12.2 Å². The lowest BCUT2D eigenvalue weighted by Crippen LogP contribution is -2.27. The number of aliphatic hydroxyl groups excluding tert-OH is 1. The van der Waals surface area contributed by atoms with E-state index in [-0.39, 0.29) is 18.8 Å². The molecule has 0 amide bonds. The van der Waals surface area contributed by atoms with E-state index in [1.807, 2.05) is 51.1 Å². The van der Waals surface area contributed by atoms with Crippen LogP contribution < -0.4 is 0 Å². The summed E-state index contributed by atoms with van der Waals surface area (Å²) in [5.41, 5.74) is 0.981. The van der Waals surface area contributed by atoms with Gasteiger partial charge in [0.2, 0.25) is 0 Å². The summed E-state index contributed by atoms with van der Waals surface area (Å²) in [4.78, 5) is 0. The third-order valence-corrected chi connectivity index (χ3v) is 2.42. The van der Waals surface area contributed by atoms with Gasteiger partial charge in [-0.25, -0.2) is 0 Å². The molecule has 96 valence electrons. The van der Waals surface area contributed by atoms with Gasteiger partial charge in [-0.1, -0.05) is 30.3 Å². The zero-order valence-corrected chi connectivity index (χ0v) is 10.8. The van der Waals surface area contributed by atoms with Crippen LogP contribution in [0.1, 0.15) is 32.4 Å². The molecule has 0 aromatic heterocycles. The van der Waals surface area contributed by atoms with Crippen molar-refractivity contribution in [1.82, 2.24) is 0 Å². The van der Waals surface area contributed by atoms with E-state index in [0.717, 1.165) is 5.56 Å². The van der Waals surface area contributed by atoms with Gasteiger partial charge < -0.3 is 14.6 Å². The van der Waals surface area contributed by atoms with Crippen molar-refractivity contribution in [2.75, 3.05) is 13.2 Å². The highest BCUT2D eigenvalue weighted by molar-refractivity contribution is 5.18. The lowest BCUT2D eigenvalue weighted by Gasteiger charge is -2.24. The molecule has 0 spiro atoms. The Morgan fingerprint density at radius 3 is 2.29 bits per heavy atom. The standard InChI is InChI=1S/C14H22O3/c1-4-16-14(12-8-6-5-7-9-12)13(15)10-17-11(2)3/h5-9,11,13-15H,4,10H2,1-3H3. The molecule has 0 saturated carbocycles. The number of hydrogen-bond donors (Lipinski definition) is 1. The maximum Gasteiger partial charge on any atom is 0.111 e. The van der Waals surface area contributed by atoms with Crippen LogP contribution in [0.2, 0.25) is 0 Å². The molecular formula is C14H22O3. The van der Waals surface area contributed by atoms with E-state index in [2.05, 4.69) is 0 Å². The van der Waals surface area contributed by atoms with Gasteiger partial charge in [0.25, 0.3) is 0 Å². The molecule has 2 atom stereocenters. The fourth-order valence-corrected chi connectivity index (χ4v) is 1.63. The Bertz CT molecular complexity index is 298. The van der Waals surface area contributed by atoms with Crippen LogP contribution in [0.3, 0.4) is 0 Å². The second-order valence-corrected chi connectivity index (χ2v) is 4.24. The summed E-state index contributed by atoms with van der Waals surface area (Å²) in [6.07, 6.45) is -0.845. The molecule has 3 nitrogen and oxygen atoms in total. The third kappa shape index (κ3) is 4.86. The molecule has 0 aliphatic heterocycles. The predicted molar refractivity (Wildman–Crippen MR) is 67.9 cm³/mol. The summed E-state index contributed by atoms with van der Waals surface area (Å²) in [5.74, 6) is 0. The van der Waals surface area contributed by atoms with Crippen molar-refractivity contribution >= 4 is 0 Å². The lowest BCUT2D eigenvalue weighted by molar-refractivity contribution is -0.0809. The molecule has 0 saturated heterocycles.